The molecule has 0 aliphatic carbocycles. The maximum absolute atomic E-state index is 6.26. The Morgan fingerprint density at radius 1 is 1.15 bits per heavy atom. The smallest absolute Gasteiger partial charge is 0.124 e. The number of fused-ring (bicyclic) bond motifs is 2. The van der Waals surface area contributed by atoms with Gasteiger partial charge in [0.05, 0.1) is 15.2 Å². The number of nitrogens with zero attached hydrogens (tertiary/aromatic N) is 1. The number of hydrogen-bond acceptors (Lipinski definition) is 3. The number of halogens is 1. The second kappa shape index (κ2) is 4.85. The predicted molar refractivity (Wildman–Crippen MR) is 85.5 cm³/mol. The van der Waals surface area contributed by atoms with Crippen LogP contribution in [0, 0.1) is 0 Å². The van der Waals surface area contributed by atoms with Crippen LogP contribution in [-0.4, -0.2) is 11.5 Å². The van der Waals surface area contributed by atoms with Crippen LogP contribution in [0.3, 0.4) is 0 Å². The molecule has 0 amide bonds. The molecule has 100 valence electrons. The lowest BCUT2D eigenvalue weighted by Gasteiger charge is -2.19. The minimum Gasteiger partial charge on any atom is -0.312 e. The average Bonchev–Trinajstić information content (AvgIpc) is 2.92. The molecule has 2 nitrogen and oxygen atoms in total. The van der Waals surface area contributed by atoms with E-state index in [9.17, 15) is 0 Å². The van der Waals surface area contributed by atoms with Gasteiger partial charge in [-0.05, 0) is 36.2 Å². The maximum atomic E-state index is 6.26. The number of nitrogens with one attached hydrogen (secondary N) is 1. The highest BCUT2D eigenvalue weighted by molar-refractivity contribution is 7.22. The lowest BCUT2D eigenvalue weighted by Crippen LogP contribution is -2.23. The first-order valence-electron chi connectivity index (χ1n) is 6.70. The third-order valence-corrected chi connectivity index (χ3v) is 5.30. The Balaban J connectivity index is 1.93. The van der Waals surface area contributed by atoms with Gasteiger partial charge in [0.15, 0.2) is 0 Å². The minimum absolute atomic E-state index is 0.790. The van der Waals surface area contributed by atoms with Crippen LogP contribution in [0.5, 0.6) is 0 Å². The molecule has 0 saturated heterocycles. The SMILES string of the molecule is Clc1cccc2nc(-c3cccc4c3CCNC4)sc12. The van der Waals surface area contributed by atoms with Crippen LogP contribution in [0.1, 0.15) is 11.1 Å². The van der Waals surface area contributed by atoms with E-state index in [1.807, 2.05) is 18.2 Å². The van der Waals surface area contributed by atoms with Crippen molar-refractivity contribution in [2.75, 3.05) is 6.54 Å². The Morgan fingerprint density at radius 3 is 2.95 bits per heavy atom. The highest BCUT2D eigenvalue weighted by atomic mass is 35.5. The van der Waals surface area contributed by atoms with Crippen LogP contribution in [0.15, 0.2) is 36.4 Å². The Kier molecular flexibility index (Phi) is 2.99. The summed E-state index contributed by atoms with van der Waals surface area (Å²) in [5.74, 6) is 0. The van der Waals surface area contributed by atoms with Gasteiger partial charge in [0.2, 0.25) is 0 Å². The molecule has 1 aliphatic heterocycles. The van der Waals surface area contributed by atoms with E-state index in [0.717, 1.165) is 39.8 Å². The van der Waals surface area contributed by atoms with Gasteiger partial charge in [-0.1, -0.05) is 35.9 Å². The molecule has 0 fully saturated rings. The molecule has 0 spiro atoms. The third kappa shape index (κ3) is 1.94. The first-order valence-corrected chi connectivity index (χ1v) is 7.89. The van der Waals surface area contributed by atoms with Gasteiger partial charge >= 0.3 is 0 Å². The van der Waals surface area contributed by atoms with Gasteiger partial charge in [0, 0.05) is 12.1 Å². The van der Waals surface area contributed by atoms with E-state index in [4.69, 9.17) is 16.6 Å². The average molecular weight is 301 g/mol. The Bertz CT molecular complexity index is 794. The van der Waals surface area contributed by atoms with Crippen molar-refractivity contribution in [3.63, 3.8) is 0 Å². The number of aromatic nitrogens is 1. The predicted octanol–water partition coefficient (Wildman–Crippen LogP) is 4.26. The van der Waals surface area contributed by atoms with Crippen LogP contribution < -0.4 is 5.32 Å². The number of thiazole rings is 1. The second-order valence-corrected chi connectivity index (χ2v) is 6.38. The highest BCUT2D eigenvalue weighted by Gasteiger charge is 2.16. The summed E-state index contributed by atoms with van der Waals surface area (Å²) in [6, 6.07) is 12.4. The van der Waals surface area contributed by atoms with Crippen molar-refractivity contribution in [1.82, 2.24) is 10.3 Å². The van der Waals surface area contributed by atoms with Crippen molar-refractivity contribution in [3.8, 4) is 10.6 Å². The number of hydrogen-bond donors (Lipinski definition) is 1. The van der Waals surface area contributed by atoms with E-state index in [-0.39, 0.29) is 0 Å². The summed E-state index contributed by atoms with van der Waals surface area (Å²) in [5.41, 5.74) is 5.07. The van der Waals surface area contributed by atoms with Crippen molar-refractivity contribution in [1.29, 1.82) is 0 Å². The Morgan fingerprint density at radius 2 is 2.05 bits per heavy atom. The molecule has 2 aromatic carbocycles. The van der Waals surface area contributed by atoms with Crippen molar-refractivity contribution < 1.29 is 0 Å². The second-order valence-electron chi connectivity index (χ2n) is 4.98. The third-order valence-electron chi connectivity index (χ3n) is 3.74. The van der Waals surface area contributed by atoms with Gasteiger partial charge in [-0.3, -0.25) is 0 Å². The van der Waals surface area contributed by atoms with Crippen LogP contribution in [0.2, 0.25) is 5.02 Å². The Hall–Kier alpha value is -1.42. The van der Waals surface area contributed by atoms with E-state index >= 15 is 0 Å². The molecule has 3 aromatic rings. The fraction of sp³-hybridized carbons (Fsp3) is 0.188. The summed E-state index contributed by atoms with van der Waals surface area (Å²) in [6.45, 7) is 1.99. The molecular formula is C16H13ClN2S. The van der Waals surface area contributed by atoms with Crippen LogP contribution >= 0.6 is 22.9 Å². The van der Waals surface area contributed by atoms with Gasteiger partial charge in [0.1, 0.15) is 5.01 Å². The van der Waals surface area contributed by atoms with Crippen LogP contribution in [0.4, 0.5) is 0 Å². The fourth-order valence-electron chi connectivity index (χ4n) is 2.76. The van der Waals surface area contributed by atoms with Gasteiger partial charge in [-0.2, -0.15) is 0 Å². The lowest BCUT2D eigenvalue weighted by molar-refractivity contribution is 0.645. The number of benzene rings is 2. The summed E-state index contributed by atoms with van der Waals surface area (Å²) < 4.78 is 1.08. The molecule has 1 aromatic heterocycles. The zero-order chi connectivity index (χ0) is 13.5. The molecule has 4 rings (SSSR count). The van der Waals surface area contributed by atoms with E-state index in [0.29, 0.717) is 0 Å². The van der Waals surface area contributed by atoms with Gasteiger partial charge < -0.3 is 5.32 Å². The number of rotatable bonds is 1. The first kappa shape index (κ1) is 12.3. The molecule has 1 N–H and O–H groups in total. The van der Waals surface area contributed by atoms with Crippen molar-refractivity contribution in [2.24, 2.45) is 0 Å². The largest absolute Gasteiger partial charge is 0.312 e. The zero-order valence-electron chi connectivity index (χ0n) is 10.8. The van der Waals surface area contributed by atoms with Crippen LogP contribution in [0.25, 0.3) is 20.8 Å². The normalized spacial score (nSPS) is 14.4. The summed E-state index contributed by atoms with van der Waals surface area (Å²) >= 11 is 7.95. The van der Waals surface area contributed by atoms with E-state index in [1.54, 1.807) is 11.3 Å². The molecule has 0 atom stereocenters. The lowest BCUT2D eigenvalue weighted by atomic mass is 9.96. The molecule has 2 heterocycles. The van der Waals surface area contributed by atoms with Crippen molar-refractivity contribution in [2.45, 2.75) is 13.0 Å². The van der Waals surface area contributed by atoms with E-state index in [2.05, 4.69) is 23.5 Å². The Labute approximate surface area is 126 Å². The standard InChI is InChI=1S/C16H13ClN2S/c17-13-5-2-6-14-15(13)20-16(19-14)12-4-1-3-10-9-18-8-7-11(10)12/h1-6,18H,7-9H2. The summed E-state index contributed by atoms with van der Waals surface area (Å²) in [6.07, 6.45) is 1.06. The van der Waals surface area contributed by atoms with Crippen molar-refractivity contribution in [3.05, 3.63) is 52.5 Å². The zero-order valence-corrected chi connectivity index (χ0v) is 12.4. The molecule has 0 radical (unpaired) electrons. The minimum atomic E-state index is 0.790. The highest BCUT2D eigenvalue weighted by Crippen LogP contribution is 2.37. The summed E-state index contributed by atoms with van der Waals surface area (Å²) in [7, 11) is 0. The van der Waals surface area contributed by atoms with Crippen LogP contribution in [-0.2, 0) is 13.0 Å². The molecular weight excluding hydrogens is 288 g/mol. The molecule has 20 heavy (non-hydrogen) atoms. The monoisotopic (exact) mass is 300 g/mol. The summed E-state index contributed by atoms with van der Waals surface area (Å²) in [4.78, 5) is 4.77. The topological polar surface area (TPSA) is 24.9 Å². The quantitative estimate of drug-likeness (QED) is 0.726. The molecule has 0 bridgehead atoms. The van der Waals surface area contributed by atoms with Gasteiger partial charge in [0.25, 0.3) is 0 Å². The fourth-order valence-corrected chi connectivity index (χ4v) is 4.07. The van der Waals surface area contributed by atoms with Gasteiger partial charge in [-0.25, -0.2) is 4.98 Å². The summed E-state index contributed by atoms with van der Waals surface area (Å²) in [5, 5.41) is 5.28. The first-order chi connectivity index (χ1) is 9.83. The maximum Gasteiger partial charge on any atom is 0.124 e. The van der Waals surface area contributed by atoms with Gasteiger partial charge in [-0.15, -0.1) is 11.3 Å². The molecule has 4 heteroatoms. The molecule has 0 unspecified atom stereocenters. The van der Waals surface area contributed by atoms with Crippen molar-refractivity contribution >= 4 is 33.2 Å². The van der Waals surface area contributed by atoms with E-state index < -0.39 is 0 Å². The van der Waals surface area contributed by atoms with E-state index in [1.165, 1.54) is 16.7 Å². The molecule has 0 saturated carbocycles. The molecule has 1 aliphatic rings.